The van der Waals surface area contributed by atoms with E-state index in [-0.39, 0.29) is 5.82 Å². The Balaban J connectivity index is 3.08. The maximum atomic E-state index is 13.1. The third-order valence-corrected chi connectivity index (χ3v) is 7.30. The topological polar surface area (TPSA) is 250 Å². The first-order chi connectivity index (χ1) is 14.3. The largest absolute Gasteiger partial charge is 0.490 e. The lowest BCUT2D eigenvalue weighted by molar-refractivity contribution is -0.170. The highest BCUT2D eigenvalue weighted by atomic mass is 31.3. The summed E-state index contributed by atoms with van der Waals surface area (Å²) < 4.78 is 77.4. The van der Waals surface area contributed by atoms with Crippen molar-refractivity contribution in [1.82, 2.24) is 9.55 Å². The molecule has 6 atom stereocenters. The van der Waals surface area contributed by atoms with Gasteiger partial charge in [-0.1, -0.05) is 0 Å². The molecule has 0 spiro atoms. The first kappa shape index (κ1) is 28.9. The Morgan fingerprint density at radius 1 is 1.09 bits per heavy atom. The van der Waals surface area contributed by atoms with E-state index in [1.54, 1.807) is 0 Å². The van der Waals surface area contributed by atoms with Crippen molar-refractivity contribution in [3.8, 4) is 0 Å². The number of anilines is 1. The molecular formula is C11H20F2N3O13P3. The number of halogens is 2. The number of aliphatic hydroxyl groups is 1. The zero-order valence-corrected chi connectivity index (χ0v) is 18.8. The average molecular weight is 533 g/mol. The van der Waals surface area contributed by atoms with Gasteiger partial charge < -0.3 is 35.2 Å². The number of ether oxygens (including phenoxy) is 1. The van der Waals surface area contributed by atoms with E-state index in [0.717, 1.165) is 30.7 Å². The van der Waals surface area contributed by atoms with Crippen LogP contribution in [0.1, 0.15) is 20.1 Å². The lowest BCUT2D eigenvalue weighted by Gasteiger charge is -2.31. The summed E-state index contributed by atoms with van der Waals surface area (Å²) >= 11 is 0. The van der Waals surface area contributed by atoms with Crippen LogP contribution in [0.4, 0.5) is 14.6 Å². The van der Waals surface area contributed by atoms with E-state index in [9.17, 15) is 37.3 Å². The first-order valence-corrected chi connectivity index (χ1v) is 12.6. The zero-order chi connectivity index (χ0) is 25.1. The van der Waals surface area contributed by atoms with E-state index in [0.29, 0.717) is 0 Å². The fraction of sp³-hybridized carbons (Fsp3) is 0.636. The molecule has 0 aliphatic carbocycles. The van der Waals surface area contributed by atoms with E-state index in [2.05, 4.69) is 18.1 Å². The summed E-state index contributed by atoms with van der Waals surface area (Å²) in [4.78, 5) is 50.9. The highest BCUT2D eigenvalue weighted by Gasteiger charge is 2.44. The van der Waals surface area contributed by atoms with Crippen LogP contribution < -0.4 is 11.4 Å². The first-order valence-electron chi connectivity index (χ1n) is 8.12. The SMILES string of the molecule is CC(OC(C(O)C(F)F)[C@H](C)OP(=O)(O)OP(=O)(O)OP(=O)(O)O)n1ccc(N)nc1=O. The molecule has 0 aliphatic heterocycles. The normalized spacial score (nSPS) is 20.2. The molecule has 0 bridgehead atoms. The van der Waals surface area contributed by atoms with Gasteiger partial charge in [0.15, 0.2) is 0 Å². The molecule has 1 aromatic rings. The summed E-state index contributed by atoms with van der Waals surface area (Å²) in [5.74, 6) is -0.163. The van der Waals surface area contributed by atoms with Crippen molar-refractivity contribution in [2.45, 2.75) is 44.8 Å². The predicted molar refractivity (Wildman–Crippen MR) is 98.9 cm³/mol. The van der Waals surface area contributed by atoms with Crippen molar-refractivity contribution in [3.05, 3.63) is 22.7 Å². The van der Waals surface area contributed by atoms with Crippen LogP contribution >= 0.6 is 23.5 Å². The minimum absolute atomic E-state index is 0.163. The molecule has 0 aromatic carbocycles. The molecule has 5 unspecified atom stereocenters. The highest BCUT2D eigenvalue weighted by molar-refractivity contribution is 7.66. The van der Waals surface area contributed by atoms with Gasteiger partial charge in [0.2, 0.25) is 0 Å². The number of nitrogen functional groups attached to an aromatic ring is 1. The number of aliphatic hydroxyl groups excluding tert-OH is 1. The van der Waals surface area contributed by atoms with E-state index < -0.39 is 60.1 Å². The van der Waals surface area contributed by atoms with Crippen molar-refractivity contribution in [2.75, 3.05) is 5.73 Å². The molecule has 7 N–H and O–H groups in total. The Kier molecular flexibility index (Phi) is 9.81. The summed E-state index contributed by atoms with van der Waals surface area (Å²) in [6.45, 7) is 1.97. The van der Waals surface area contributed by atoms with E-state index in [4.69, 9.17) is 25.2 Å². The van der Waals surface area contributed by atoms with Gasteiger partial charge in [-0.05, 0) is 19.9 Å². The fourth-order valence-electron chi connectivity index (χ4n) is 2.18. The van der Waals surface area contributed by atoms with Crippen LogP contribution in [-0.2, 0) is 31.6 Å². The van der Waals surface area contributed by atoms with Crippen molar-refractivity contribution >= 4 is 29.3 Å². The maximum absolute atomic E-state index is 13.1. The van der Waals surface area contributed by atoms with Crippen LogP contribution in [0.5, 0.6) is 0 Å². The van der Waals surface area contributed by atoms with Gasteiger partial charge in [-0.2, -0.15) is 13.6 Å². The third-order valence-electron chi connectivity index (χ3n) is 3.37. The summed E-state index contributed by atoms with van der Waals surface area (Å²) in [5, 5.41) is 9.73. The smallest absolute Gasteiger partial charge is 0.384 e. The van der Waals surface area contributed by atoms with Gasteiger partial charge in [-0.3, -0.25) is 9.09 Å². The fourth-order valence-corrected chi connectivity index (χ4v) is 5.38. The minimum Gasteiger partial charge on any atom is -0.384 e. The number of phosphoric acid groups is 3. The summed E-state index contributed by atoms with van der Waals surface area (Å²) in [7, 11) is -17.2. The van der Waals surface area contributed by atoms with Gasteiger partial charge >= 0.3 is 29.2 Å². The maximum Gasteiger partial charge on any atom is 0.490 e. The average Bonchev–Trinajstić information content (AvgIpc) is 2.54. The van der Waals surface area contributed by atoms with Crippen LogP contribution in [0.2, 0.25) is 0 Å². The molecule has 0 aliphatic rings. The van der Waals surface area contributed by atoms with Crippen LogP contribution in [0, 0.1) is 0 Å². The number of hydrogen-bond acceptors (Lipinski definition) is 11. The van der Waals surface area contributed by atoms with Crippen LogP contribution in [0.15, 0.2) is 17.1 Å². The predicted octanol–water partition coefficient (Wildman–Crippen LogP) is 0.0870. The molecule has 1 aromatic heterocycles. The van der Waals surface area contributed by atoms with Crippen molar-refractivity contribution in [3.63, 3.8) is 0 Å². The van der Waals surface area contributed by atoms with E-state index in [1.807, 2.05) is 0 Å². The molecule has 186 valence electrons. The Morgan fingerprint density at radius 3 is 2.12 bits per heavy atom. The zero-order valence-electron chi connectivity index (χ0n) is 16.1. The third kappa shape index (κ3) is 9.39. The molecule has 0 fully saturated rings. The molecule has 1 heterocycles. The van der Waals surface area contributed by atoms with Crippen LogP contribution in [0.3, 0.4) is 0 Å². The van der Waals surface area contributed by atoms with Gasteiger partial charge in [0.05, 0.1) is 6.10 Å². The van der Waals surface area contributed by atoms with Gasteiger partial charge in [-0.15, -0.1) is 0 Å². The summed E-state index contributed by atoms with van der Waals surface area (Å²) in [5.41, 5.74) is 4.35. The number of hydrogen-bond donors (Lipinski definition) is 6. The quantitative estimate of drug-likeness (QED) is 0.195. The molecule has 0 amide bonds. The number of alkyl halides is 2. The molecule has 32 heavy (non-hydrogen) atoms. The highest BCUT2D eigenvalue weighted by Crippen LogP contribution is 2.66. The second kappa shape index (κ2) is 10.9. The van der Waals surface area contributed by atoms with Gasteiger partial charge in [0, 0.05) is 6.20 Å². The molecule has 16 nitrogen and oxygen atoms in total. The Hall–Kier alpha value is -1.13. The standard InChI is InChI=1S/C11H20F2N3O13P3/c1-5(27-31(22,23)29-32(24,25)28-30(19,20)21)9(8(17)10(12)13)26-6(2)16-4-3-7(14)15-11(16)18/h3-6,8-10,17H,1-2H3,(H,22,23)(H,24,25)(H2,14,15,18)(H2,19,20,21)/t5-,6?,8?,9?/m0/s1. The Morgan fingerprint density at radius 2 is 1.66 bits per heavy atom. The number of rotatable bonds is 12. The monoisotopic (exact) mass is 533 g/mol. The molecule has 21 heteroatoms. The summed E-state index contributed by atoms with van der Waals surface area (Å²) in [6, 6.07) is 1.16. The lowest BCUT2D eigenvalue weighted by atomic mass is 10.1. The Labute approximate surface area is 178 Å². The number of phosphoric ester groups is 1. The van der Waals surface area contributed by atoms with E-state index in [1.165, 1.54) is 0 Å². The van der Waals surface area contributed by atoms with Gasteiger partial charge in [0.25, 0.3) is 6.43 Å². The molecule has 0 saturated carbocycles. The van der Waals surface area contributed by atoms with Crippen molar-refractivity contribution < 1.29 is 65.0 Å². The Bertz CT molecular complexity index is 987. The summed E-state index contributed by atoms with van der Waals surface area (Å²) in [6.07, 6.45) is -10.6. The van der Waals surface area contributed by atoms with Gasteiger partial charge in [-0.25, -0.2) is 27.3 Å². The number of nitrogens with zero attached hydrogens (tertiary/aromatic N) is 2. The van der Waals surface area contributed by atoms with Crippen LogP contribution in [-0.4, -0.2) is 59.0 Å². The van der Waals surface area contributed by atoms with Crippen LogP contribution in [0.25, 0.3) is 0 Å². The minimum atomic E-state index is -5.87. The van der Waals surface area contributed by atoms with Gasteiger partial charge in [0.1, 0.15) is 24.3 Å². The second-order valence-corrected chi connectivity index (χ2v) is 10.3. The van der Waals surface area contributed by atoms with Crippen molar-refractivity contribution in [1.29, 1.82) is 0 Å². The molecule has 1 rings (SSSR count). The second-order valence-electron chi connectivity index (χ2n) is 5.97. The molecule has 0 radical (unpaired) electrons. The number of aromatic nitrogens is 2. The van der Waals surface area contributed by atoms with Crippen molar-refractivity contribution in [2.24, 2.45) is 0 Å². The molecule has 0 saturated heterocycles. The van der Waals surface area contributed by atoms with E-state index >= 15 is 0 Å². The lowest BCUT2D eigenvalue weighted by Crippen LogP contribution is -2.45. The molecular weight excluding hydrogens is 513 g/mol. The number of nitrogens with two attached hydrogens (primary N) is 1.